The molecule has 0 heterocycles. The van der Waals surface area contributed by atoms with Gasteiger partial charge in [0.25, 0.3) is 5.91 Å². The van der Waals surface area contributed by atoms with Crippen LogP contribution in [0.15, 0.2) is 24.3 Å². The summed E-state index contributed by atoms with van der Waals surface area (Å²) in [5.74, 6) is 0.106. The first-order valence-corrected chi connectivity index (χ1v) is 7.29. The van der Waals surface area contributed by atoms with Crippen LogP contribution in [0, 0.1) is 0 Å². The van der Waals surface area contributed by atoms with Gasteiger partial charge in [-0.05, 0) is 43.9 Å². The Balaban J connectivity index is 2.08. The van der Waals surface area contributed by atoms with E-state index in [1.807, 2.05) is 55.2 Å². The Morgan fingerprint density at radius 3 is 2.40 bits per heavy atom. The summed E-state index contributed by atoms with van der Waals surface area (Å²) in [6.07, 6.45) is 4.05. The highest BCUT2D eigenvalue weighted by molar-refractivity contribution is 5.95. The van der Waals surface area contributed by atoms with E-state index in [1.54, 1.807) is 0 Å². The average molecular weight is 275 g/mol. The number of amides is 1. The van der Waals surface area contributed by atoms with Crippen LogP contribution in [0.3, 0.4) is 0 Å². The van der Waals surface area contributed by atoms with Gasteiger partial charge in [-0.1, -0.05) is 6.07 Å². The Morgan fingerprint density at radius 1 is 1.15 bits per heavy atom. The van der Waals surface area contributed by atoms with E-state index in [1.165, 1.54) is 0 Å². The Labute approximate surface area is 121 Å². The first-order valence-electron chi connectivity index (χ1n) is 7.29. The molecule has 0 saturated heterocycles. The zero-order valence-corrected chi connectivity index (χ0v) is 12.7. The number of hydrogen-bond donors (Lipinski definition) is 1. The van der Waals surface area contributed by atoms with Crippen LogP contribution in [0.1, 0.15) is 36.0 Å². The first kappa shape index (κ1) is 14.9. The van der Waals surface area contributed by atoms with Crippen LogP contribution < -0.4 is 10.6 Å². The molecule has 1 saturated carbocycles. The molecule has 0 radical (unpaired) electrons. The maximum atomic E-state index is 12.6. The minimum atomic E-state index is 0.106. The molecule has 4 nitrogen and oxygen atoms in total. The predicted molar refractivity (Wildman–Crippen MR) is 83.1 cm³/mol. The zero-order valence-electron chi connectivity index (χ0n) is 12.7. The molecule has 1 aliphatic rings. The lowest BCUT2D eigenvalue weighted by atomic mass is 9.90. The van der Waals surface area contributed by atoms with Crippen molar-refractivity contribution in [2.24, 2.45) is 5.73 Å². The fourth-order valence-electron chi connectivity index (χ4n) is 2.78. The molecular weight excluding hydrogens is 250 g/mol. The topological polar surface area (TPSA) is 49.6 Å². The minimum absolute atomic E-state index is 0.106. The van der Waals surface area contributed by atoms with Crippen LogP contribution in [0.25, 0.3) is 0 Å². The third-order valence-corrected chi connectivity index (χ3v) is 4.22. The van der Waals surface area contributed by atoms with Crippen molar-refractivity contribution in [3.63, 3.8) is 0 Å². The van der Waals surface area contributed by atoms with Crippen LogP contribution in [0.2, 0.25) is 0 Å². The summed E-state index contributed by atoms with van der Waals surface area (Å²) in [6.45, 7) is 0. The molecular formula is C16H25N3O. The van der Waals surface area contributed by atoms with Crippen molar-refractivity contribution in [2.75, 3.05) is 26.0 Å². The lowest BCUT2D eigenvalue weighted by Gasteiger charge is -2.33. The molecule has 1 aromatic rings. The van der Waals surface area contributed by atoms with Crippen molar-refractivity contribution in [3.05, 3.63) is 29.8 Å². The molecule has 1 aromatic carbocycles. The number of carbonyl (C=O) groups excluding carboxylic acids is 1. The molecule has 0 atom stereocenters. The van der Waals surface area contributed by atoms with Gasteiger partial charge in [0.15, 0.2) is 0 Å². The summed E-state index contributed by atoms with van der Waals surface area (Å²) < 4.78 is 0. The van der Waals surface area contributed by atoms with Crippen molar-refractivity contribution in [3.8, 4) is 0 Å². The highest BCUT2D eigenvalue weighted by atomic mass is 16.2. The molecule has 2 rings (SSSR count). The van der Waals surface area contributed by atoms with Crippen LogP contribution >= 0.6 is 0 Å². The lowest BCUT2D eigenvalue weighted by Crippen LogP contribution is -2.41. The summed E-state index contributed by atoms with van der Waals surface area (Å²) in [7, 11) is 5.87. The van der Waals surface area contributed by atoms with Gasteiger partial charge in [0, 0.05) is 44.5 Å². The molecule has 20 heavy (non-hydrogen) atoms. The molecule has 110 valence electrons. The van der Waals surface area contributed by atoms with Gasteiger partial charge in [-0.15, -0.1) is 0 Å². The second kappa shape index (κ2) is 6.27. The third-order valence-electron chi connectivity index (χ3n) is 4.22. The van der Waals surface area contributed by atoms with E-state index in [4.69, 9.17) is 5.73 Å². The highest BCUT2D eigenvalue weighted by Gasteiger charge is 2.25. The number of nitrogens with two attached hydrogens (primary N) is 1. The fraction of sp³-hybridized carbons (Fsp3) is 0.562. The molecule has 1 fully saturated rings. The van der Waals surface area contributed by atoms with Gasteiger partial charge in [0.1, 0.15) is 0 Å². The van der Waals surface area contributed by atoms with E-state index >= 15 is 0 Å². The number of rotatable bonds is 3. The van der Waals surface area contributed by atoms with Crippen molar-refractivity contribution >= 4 is 11.6 Å². The smallest absolute Gasteiger partial charge is 0.253 e. The van der Waals surface area contributed by atoms with Gasteiger partial charge in [-0.3, -0.25) is 4.79 Å². The van der Waals surface area contributed by atoms with Crippen molar-refractivity contribution in [2.45, 2.75) is 37.8 Å². The Hall–Kier alpha value is -1.55. The first-order chi connectivity index (χ1) is 9.49. The molecule has 2 N–H and O–H groups in total. The molecule has 1 amide bonds. The number of benzene rings is 1. The van der Waals surface area contributed by atoms with E-state index in [2.05, 4.69) is 0 Å². The lowest BCUT2D eigenvalue weighted by molar-refractivity contribution is 0.0690. The molecule has 0 aromatic heterocycles. The summed E-state index contributed by atoms with van der Waals surface area (Å²) >= 11 is 0. The van der Waals surface area contributed by atoms with E-state index in [0.717, 1.165) is 36.9 Å². The average Bonchev–Trinajstić information content (AvgIpc) is 2.46. The van der Waals surface area contributed by atoms with Gasteiger partial charge in [0.05, 0.1) is 0 Å². The third kappa shape index (κ3) is 3.31. The zero-order chi connectivity index (χ0) is 14.7. The maximum absolute atomic E-state index is 12.6. The summed E-state index contributed by atoms with van der Waals surface area (Å²) in [6, 6.07) is 8.43. The monoisotopic (exact) mass is 275 g/mol. The van der Waals surface area contributed by atoms with E-state index < -0.39 is 0 Å². The number of hydrogen-bond acceptors (Lipinski definition) is 3. The van der Waals surface area contributed by atoms with Gasteiger partial charge >= 0.3 is 0 Å². The van der Waals surface area contributed by atoms with Crippen LogP contribution in [-0.4, -0.2) is 44.0 Å². The summed E-state index contributed by atoms with van der Waals surface area (Å²) in [5, 5.41) is 0. The summed E-state index contributed by atoms with van der Waals surface area (Å²) in [4.78, 5) is 16.5. The van der Waals surface area contributed by atoms with E-state index in [0.29, 0.717) is 12.1 Å². The van der Waals surface area contributed by atoms with Crippen molar-refractivity contribution in [1.29, 1.82) is 0 Å². The van der Waals surface area contributed by atoms with Gasteiger partial charge in [-0.2, -0.15) is 0 Å². The van der Waals surface area contributed by atoms with E-state index in [9.17, 15) is 4.79 Å². The predicted octanol–water partition coefficient (Wildman–Crippen LogP) is 2.09. The Bertz CT molecular complexity index is 465. The largest absolute Gasteiger partial charge is 0.378 e. The van der Waals surface area contributed by atoms with Crippen LogP contribution in [-0.2, 0) is 0 Å². The van der Waals surface area contributed by atoms with Crippen molar-refractivity contribution < 1.29 is 4.79 Å². The highest BCUT2D eigenvalue weighted by Crippen LogP contribution is 2.23. The number of carbonyl (C=O) groups is 1. The molecule has 0 aliphatic heterocycles. The molecule has 0 unspecified atom stereocenters. The van der Waals surface area contributed by atoms with Gasteiger partial charge in [0.2, 0.25) is 0 Å². The molecule has 0 spiro atoms. The molecule has 1 aliphatic carbocycles. The second-order valence-electron chi connectivity index (χ2n) is 5.93. The van der Waals surface area contributed by atoms with Crippen LogP contribution in [0.4, 0.5) is 5.69 Å². The summed E-state index contributed by atoms with van der Waals surface area (Å²) in [5.41, 5.74) is 7.74. The minimum Gasteiger partial charge on any atom is -0.378 e. The van der Waals surface area contributed by atoms with Gasteiger partial charge in [-0.25, -0.2) is 0 Å². The molecule has 4 heteroatoms. The maximum Gasteiger partial charge on any atom is 0.253 e. The van der Waals surface area contributed by atoms with Crippen LogP contribution in [0.5, 0.6) is 0 Å². The Morgan fingerprint density at radius 2 is 1.80 bits per heavy atom. The number of nitrogens with zero attached hydrogens (tertiary/aromatic N) is 2. The number of anilines is 1. The standard InChI is InChI=1S/C16H25N3O/c1-18(2)15-6-4-5-12(11-15)16(20)19(3)14-9-7-13(17)8-10-14/h4-6,11,13-14H,7-10,17H2,1-3H3. The normalized spacial score (nSPS) is 22.4. The molecule has 0 bridgehead atoms. The SMILES string of the molecule is CN(C)c1cccc(C(=O)N(C)C2CCC(N)CC2)c1. The van der Waals surface area contributed by atoms with Crippen molar-refractivity contribution in [1.82, 2.24) is 4.90 Å². The van der Waals surface area contributed by atoms with E-state index in [-0.39, 0.29) is 5.91 Å². The fourth-order valence-corrected chi connectivity index (χ4v) is 2.78. The Kier molecular flexibility index (Phi) is 4.65. The quantitative estimate of drug-likeness (QED) is 0.919. The second-order valence-corrected chi connectivity index (χ2v) is 5.93. The van der Waals surface area contributed by atoms with Gasteiger partial charge < -0.3 is 15.5 Å².